The fourth-order valence-corrected chi connectivity index (χ4v) is 2.71. The molecule has 4 nitrogen and oxygen atoms in total. The molecule has 0 aliphatic carbocycles. The van der Waals surface area contributed by atoms with Gasteiger partial charge in [0.05, 0.1) is 11.3 Å². The molecule has 0 saturated carbocycles. The van der Waals surface area contributed by atoms with Gasteiger partial charge >= 0.3 is 0 Å². The van der Waals surface area contributed by atoms with Gasteiger partial charge in [0.25, 0.3) is 11.7 Å². The Labute approximate surface area is 119 Å². The first-order valence-corrected chi connectivity index (χ1v) is 7.15. The number of benzene rings is 1. The number of aliphatic hydroxyl groups excluding tert-OH is 1. The van der Waals surface area contributed by atoms with Crippen LogP contribution in [0.15, 0.2) is 12.1 Å². The normalized spacial score (nSPS) is 14.1. The lowest BCUT2D eigenvalue weighted by atomic mass is 10.0. The maximum atomic E-state index is 12.1. The standard InChI is InChI=1S/C16H21NO3/c1-11-7-8-12(2)14-13(11)15(19)16(20)17(14)9-5-3-4-6-10-18/h7-8,18H,3-6,9-10H2,1-2H3. The summed E-state index contributed by atoms with van der Waals surface area (Å²) in [5, 5.41) is 8.74. The monoisotopic (exact) mass is 275 g/mol. The van der Waals surface area contributed by atoms with Gasteiger partial charge in [0.1, 0.15) is 0 Å². The summed E-state index contributed by atoms with van der Waals surface area (Å²) in [6, 6.07) is 3.85. The zero-order valence-electron chi connectivity index (χ0n) is 12.1. The van der Waals surface area contributed by atoms with E-state index in [-0.39, 0.29) is 12.4 Å². The number of hydrogen-bond donors (Lipinski definition) is 1. The van der Waals surface area contributed by atoms with Crippen LogP contribution in [-0.2, 0) is 4.79 Å². The van der Waals surface area contributed by atoms with Crippen molar-refractivity contribution in [3.8, 4) is 0 Å². The average Bonchev–Trinajstić information content (AvgIpc) is 2.68. The highest BCUT2D eigenvalue weighted by molar-refractivity contribution is 6.52. The van der Waals surface area contributed by atoms with Gasteiger partial charge in [-0.25, -0.2) is 0 Å². The molecule has 20 heavy (non-hydrogen) atoms. The molecule has 0 atom stereocenters. The Morgan fingerprint density at radius 3 is 2.35 bits per heavy atom. The Morgan fingerprint density at radius 1 is 1.00 bits per heavy atom. The van der Waals surface area contributed by atoms with Crippen LogP contribution in [0.2, 0.25) is 0 Å². The quantitative estimate of drug-likeness (QED) is 0.640. The molecule has 108 valence electrons. The summed E-state index contributed by atoms with van der Waals surface area (Å²) in [5.74, 6) is -0.781. The molecule has 0 fully saturated rings. The van der Waals surface area contributed by atoms with Gasteiger partial charge in [-0.05, 0) is 37.8 Å². The fraction of sp³-hybridized carbons (Fsp3) is 0.500. The summed E-state index contributed by atoms with van der Waals surface area (Å²) in [7, 11) is 0. The topological polar surface area (TPSA) is 57.6 Å². The molecule has 1 aliphatic heterocycles. The van der Waals surface area contributed by atoms with Gasteiger partial charge in [0.2, 0.25) is 0 Å². The second kappa shape index (κ2) is 6.18. The number of carbonyl (C=O) groups excluding carboxylic acids is 2. The predicted octanol–water partition coefficient (Wildman–Crippen LogP) is 2.39. The third kappa shape index (κ3) is 2.61. The minimum absolute atomic E-state index is 0.211. The number of anilines is 1. The Morgan fingerprint density at radius 2 is 1.65 bits per heavy atom. The van der Waals surface area contributed by atoms with Crippen molar-refractivity contribution in [1.29, 1.82) is 0 Å². The molecule has 2 rings (SSSR count). The highest BCUT2D eigenvalue weighted by atomic mass is 16.3. The summed E-state index contributed by atoms with van der Waals surface area (Å²) >= 11 is 0. The second-order valence-corrected chi connectivity index (χ2v) is 5.35. The maximum absolute atomic E-state index is 12.1. The van der Waals surface area contributed by atoms with Crippen molar-refractivity contribution < 1.29 is 14.7 Å². The highest BCUT2D eigenvalue weighted by Gasteiger charge is 2.37. The molecular weight excluding hydrogens is 254 g/mol. The summed E-state index contributed by atoms with van der Waals surface area (Å²) in [6.07, 6.45) is 3.55. The van der Waals surface area contributed by atoms with Crippen molar-refractivity contribution in [3.05, 3.63) is 28.8 Å². The number of aryl methyl sites for hydroxylation is 2. The maximum Gasteiger partial charge on any atom is 0.299 e. The number of amides is 1. The van der Waals surface area contributed by atoms with Crippen LogP contribution in [0.3, 0.4) is 0 Å². The third-order valence-electron chi connectivity index (χ3n) is 3.81. The van der Waals surface area contributed by atoms with Crippen LogP contribution in [-0.4, -0.2) is 29.9 Å². The molecule has 4 heteroatoms. The molecule has 0 bridgehead atoms. The van der Waals surface area contributed by atoms with E-state index in [1.54, 1.807) is 4.90 Å². The van der Waals surface area contributed by atoms with E-state index in [1.165, 1.54) is 0 Å². The molecule has 0 aromatic heterocycles. The number of aliphatic hydroxyl groups is 1. The van der Waals surface area contributed by atoms with E-state index in [2.05, 4.69) is 0 Å². The molecule has 1 aliphatic rings. The lowest BCUT2D eigenvalue weighted by Crippen LogP contribution is -2.31. The number of rotatable bonds is 6. The van der Waals surface area contributed by atoms with Crippen LogP contribution < -0.4 is 4.90 Å². The molecule has 1 heterocycles. The number of Topliss-reactive ketones (excluding diaryl/α,β-unsaturated/α-hetero) is 1. The number of carbonyl (C=O) groups is 2. The minimum atomic E-state index is -0.403. The van der Waals surface area contributed by atoms with Crippen LogP contribution >= 0.6 is 0 Å². The van der Waals surface area contributed by atoms with Crippen LogP contribution in [0, 0.1) is 13.8 Å². The minimum Gasteiger partial charge on any atom is -0.396 e. The van der Waals surface area contributed by atoms with Gasteiger partial charge in [0.15, 0.2) is 0 Å². The van der Waals surface area contributed by atoms with Gasteiger partial charge in [0, 0.05) is 13.2 Å². The van der Waals surface area contributed by atoms with Crippen LogP contribution in [0.5, 0.6) is 0 Å². The van der Waals surface area contributed by atoms with Gasteiger partial charge in [-0.3, -0.25) is 9.59 Å². The Bertz CT molecular complexity index is 537. The zero-order chi connectivity index (χ0) is 14.7. The van der Waals surface area contributed by atoms with Crippen molar-refractivity contribution in [2.45, 2.75) is 39.5 Å². The van der Waals surface area contributed by atoms with Crippen molar-refractivity contribution in [3.63, 3.8) is 0 Å². The van der Waals surface area contributed by atoms with Crippen molar-refractivity contribution in [2.24, 2.45) is 0 Å². The largest absolute Gasteiger partial charge is 0.396 e. The summed E-state index contributed by atoms with van der Waals surface area (Å²) < 4.78 is 0. The first kappa shape index (κ1) is 14.7. The second-order valence-electron chi connectivity index (χ2n) is 5.35. The lowest BCUT2D eigenvalue weighted by Gasteiger charge is -2.18. The van der Waals surface area contributed by atoms with Crippen LogP contribution in [0.1, 0.15) is 47.2 Å². The third-order valence-corrected chi connectivity index (χ3v) is 3.81. The van der Waals surface area contributed by atoms with Crippen molar-refractivity contribution >= 4 is 17.4 Å². The molecular formula is C16H21NO3. The molecule has 0 spiro atoms. The van der Waals surface area contributed by atoms with E-state index < -0.39 is 5.91 Å². The van der Waals surface area contributed by atoms with Crippen molar-refractivity contribution in [2.75, 3.05) is 18.1 Å². The van der Waals surface area contributed by atoms with E-state index in [0.29, 0.717) is 12.1 Å². The summed E-state index contributed by atoms with van der Waals surface area (Å²) in [5.41, 5.74) is 3.21. The SMILES string of the molecule is Cc1ccc(C)c2c1C(=O)C(=O)N2CCCCCCO. The zero-order valence-corrected chi connectivity index (χ0v) is 12.1. The van der Waals surface area contributed by atoms with Gasteiger partial charge < -0.3 is 10.0 Å². The van der Waals surface area contributed by atoms with E-state index in [4.69, 9.17) is 5.11 Å². The van der Waals surface area contributed by atoms with E-state index >= 15 is 0 Å². The number of hydrogen-bond acceptors (Lipinski definition) is 3. The molecule has 1 N–H and O–H groups in total. The molecule has 1 aromatic carbocycles. The first-order chi connectivity index (χ1) is 9.57. The van der Waals surface area contributed by atoms with Crippen LogP contribution in [0.25, 0.3) is 0 Å². The molecule has 0 unspecified atom stereocenters. The Kier molecular flexibility index (Phi) is 4.55. The average molecular weight is 275 g/mol. The number of nitrogens with zero attached hydrogens (tertiary/aromatic N) is 1. The lowest BCUT2D eigenvalue weighted by molar-refractivity contribution is -0.114. The van der Waals surface area contributed by atoms with Gasteiger partial charge in [-0.15, -0.1) is 0 Å². The molecule has 1 aromatic rings. The van der Waals surface area contributed by atoms with E-state index in [9.17, 15) is 9.59 Å². The fourth-order valence-electron chi connectivity index (χ4n) is 2.71. The summed E-state index contributed by atoms with van der Waals surface area (Å²) in [4.78, 5) is 25.8. The number of unbranched alkanes of at least 4 members (excludes halogenated alkanes) is 3. The number of fused-ring (bicyclic) bond motifs is 1. The molecule has 0 saturated heterocycles. The molecule has 1 amide bonds. The van der Waals surface area contributed by atoms with E-state index in [0.717, 1.165) is 42.5 Å². The van der Waals surface area contributed by atoms with Crippen LogP contribution in [0.4, 0.5) is 5.69 Å². The van der Waals surface area contributed by atoms with Gasteiger partial charge in [-0.1, -0.05) is 25.0 Å². The Hall–Kier alpha value is -1.68. The van der Waals surface area contributed by atoms with Gasteiger partial charge in [-0.2, -0.15) is 0 Å². The van der Waals surface area contributed by atoms with E-state index in [1.807, 2.05) is 26.0 Å². The predicted molar refractivity (Wildman–Crippen MR) is 78.2 cm³/mol. The molecule has 0 radical (unpaired) electrons. The Balaban J connectivity index is 2.14. The smallest absolute Gasteiger partial charge is 0.299 e. The van der Waals surface area contributed by atoms with Crippen molar-refractivity contribution in [1.82, 2.24) is 0 Å². The first-order valence-electron chi connectivity index (χ1n) is 7.15. The summed E-state index contributed by atoms with van der Waals surface area (Å²) in [6.45, 7) is 4.59. The highest BCUT2D eigenvalue weighted by Crippen LogP contribution is 2.34. The number of ketones is 1.